The van der Waals surface area contributed by atoms with Gasteiger partial charge in [-0.05, 0) is 58.2 Å². The largest absolute Gasteiger partial charge is 0.444 e. The number of hydrogen-bond donors (Lipinski definition) is 1. The average Bonchev–Trinajstić information content (AvgIpc) is 2.77. The molecule has 0 spiro atoms. The lowest BCUT2D eigenvalue weighted by molar-refractivity contribution is 0.613. The maximum absolute atomic E-state index is 6.19. The van der Waals surface area contributed by atoms with Gasteiger partial charge in [0.2, 0.25) is 0 Å². The second-order valence-corrected chi connectivity index (χ2v) is 6.39. The Morgan fingerprint density at radius 1 is 1.19 bits per heavy atom. The third-order valence-corrected chi connectivity index (χ3v) is 4.72. The molecule has 0 aliphatic rings. The van der Waals surface area contributed by atoms with Crippen LogP contribution in [0.1, 0.15) is 11.1 Å². The van der Waals surface area contributed by atoms with E-state index in [4.69, 9.17) is 27.6 Å². The maximum Gasteiger partial charge on any atom is 0.199 e. The molecule has 0 saturated carbocycles. The van der Waals surface area contributed by atoms with E-state index in [0.717, 1.165) is 37.3 Å². The van der Waals surface area contributed by atoms with Crippen LogP contribution in [-0.4, -0.2) is 0 Å². The molecule has 21 heavy (non-hydrogen) atoms. The Kier molecular flexibility index (Phi) is 4.16. The highest BCUT2D eigenvalue weighted by molar-refractivity contribution is 9.10. The second kappa shape index (κ2) is 5.91. The minimum absolute atomic E-state index is 0.415. The molecule has 0 bridgehead atoms. The number of para-hydroxylation sites is 1. The van der Waals surface area contributed by atoms with Crippen molar-refractivity contribution in [2.75, 3.05) is 5.32 Å². The third-order valence-electron chi connectivity index (χ3n) is 3.35. The van der Waals surface area contributed by atoms with Crippen LogP contribution in [0, 0.1) is 6.92 Å². The van der Waals surface area contributed by atoms with Gasteiger partial charge in [0.05, 0.1) is 5.69 Å². The lowest BCUT2D eigenvalue weighted by Gasteiger charge is -2.10. The predicted molar refractivity (Wildman–Crippen MR) is 92.4 cm³/mol. The van der Waals surface area contributed by atoms with Crippen molar-refractivity contribution in [1.82, 2.24) is 0 Å². The highest BCUT2D eigenvalue weighted by Gasteiger charge is 2.12. The van der Waals surface area contributed by atoms with E-state index in [1.165, 1.54) is 0 Å². The number of halogens is 3. The molecule has 0 fully saturated rings. The number of rotatable bonds is 3. The van der Waals surface area contributed by atoms with Gasteiger partial charge in [-0.1, -0.05) is 29.8 Å². The highest BCUT2D eigenvalue weighted by Crippen LogP contribution is 2.33. The van der Waals surface area contributed by atoms with Gasteiger partial charge in [-0.15, -0.1) is 0 Å². The van der Waals surface area contributed by atoms with Gasteiger partial charge in [0.15, 0.2) is 5.22 Å². The molecule has 5 heteroatoms. The molecule has 0 aliphatic carbocycles. The first-order valence-corrected chi connectivity index (χ1v) is 7.96. The van der Waals surface area contributed by atoms with Crippen LogP contribution in [0.2, 0.25) is 10.2 Å². The van der Waals surface area contributed by atoms with E-state index in [9.17, 15) is 0 Å². The lowest BCUT2D eigenvalue weighted by Crippen LogP contribution is -2.00. The molecule has 1 heterocycles. The Bertz CT molecular complexity index is 813. The molecule has 3 aromatic rings. The second-order valence-electron chi connectivity index (χ2n) is 4.79. The van der Waals surface area contributed by atoms with E-state index < -0.39 is 0 Å². The summed E-state index contributed by atoms with van der Waals surface area (Å²) in [5.41, 5.74) is 3.68. The molecule has 2 nitrogen and oxygen atoms in total. The molecule has 3 rings (SSSR count). The van der Waals surface area contributed by atoms with Crippen LogP contribution < -0.4 is 5.32 Å². The third kappa shape index (κ3) is 2.91. The zero-order valence-corrected chi connectivity index (χ0v) is 14.3. The molecular weight excluding hydrogens is 373 g/mol. The quantitative estimate of drug-likeness (QED) is 0.563. The molecule has 0 unspecified atom stereocenters. The highest BCUT2D eigenvalue weighted by atomic mass is 79.9. The van der Waals surface area contributed by atoms with Gasteiger partial charge in [-0.3, -0.25) is 0 Å². The monoisotopic (exact) mass is 383 g/mol. The summed E-state index contributed by atoms with van der Waals surface area (Å²) in [6.45, 7) is 2.53. The van der Waals surface area contributed by atoms with E-state index in [1.807, 2.05) is 43.3 Å². The van der Waals surface area contributed by atoms with Crippen molar-refractivity contribution < 1.29 is 4.42 Å². The van der Waals surface area contributed by atoms with Crippen LogP contribution >= 0.6 is 39.1 Å². The minimum atomic E-state index is 0.415. The van der Waals surface area contributed by atoms with Crippen molar-refractivity contribution >= 4 is 55.8 Å². The molecule has 108 valence electrons. The number of furan rings is 1. The summed E-state index contributed by atoms with van der Waals surface area (Å²) in [5, 5.41) is 5.50. The SMILES string of the molecule is Cc1cc(Br)c(NCc2c(Cl)oc3ccccc23)cc1Cl. The van der Waals surface area contributed by atoms with Crippen molar-refractivity contribution in [3.8, 4) is 0 Å². The van der Waals surface area contributed by atoms with Gasteiger partial charge < -0.3 is 9.73 Å². The number of fused-ring (bicyclic) bond motifs is 1. The fourth-order valence-electron chi connectivity index (χ4n) is 2.20. The Balaban J connectivity index is 1.90. The molecule has 0 amide bonds. The summed E-state index contributed by atoms with van der Waals surface area (Å²) >= 11 is 15.9. The number of benzene rings is 2. The van der Waals surface area contributed by atoms with Gasteiger partial charge in [-0.2, -0.15) is 0 Å². The van der Waals surface area contributed by atoms with Crippen LogP contribution in [-0.2, 0) is 6.54 Å². The van der Waals surface area contributed by atoms with Crippen molar-refractivity contribution in [3.63, 3.8) is 0 Å². The number of anilines is 1. The standard InChI is InChI=1S/C16H12BrCl2NO/c1-9-6-12(17)14(7-13(9)18)20-8-11-10-4-2-3-5-15(10)21-16(11)19/h2-7,20H,8H2,1H3. The normalized spacial score (nSPS) is 11.0. The fraction of sp³-hybridized carbons (Fsp3) is 0.125. The van der Waals surface area contributed by atoms with Gasteiger partial charge in [0.1, 0.15) is 5.58 Å². The van der Waals surface area contributed by atoms with E-state index >= 15 is 0 Å². The molecule has 0 radical (unpaired) electrons. The minimum Gasteiger partial charge on any atom is -0.444 e. The van der Waals surface area contributed by atoms with Crippen molar-refractivity contribution in [1.29, 1.82) is 0 Å². The first-order valence-electron chi connectivity index (χ1n) is 6.41. The summed E-state index contributed by atoms with van der Waals surface area (Å²) in [7, 11) is 0. The first-order chi connectivity index (χ1) is 10.1. The molecule has 1 N–H and O–H groups in total. The van der Waals surface area contributed by atoms with Crippen LogP contribution in [0.5, 0.6) is 0 Å². The summed E-state index contributed by atoms with van der Waals surface area (Å²) < 4.78 is 6.51. The summed E-state index contributed by atoms with van der Waals surface area (Å²) in [5.74, 6) is 0. The van der Waals surface area contributed by atoms with E-state index in [1.54, 1.807) is 0 Å². The maximum atomic E-state index is 6.19. The zero-order chi connectivity index (χ0) is 15.0. The van der Waals surface area contributed by atoms with E-state index in [2.05, 4.69) is 21.2 Å². The Morgan fingerprint density at radius 2 is 1.95 bits per heavy atom. The van der Waals surface area contributed by atoms with Crippen LogP contribution in [0.15, 0.2) is 45.3 Å². The summed E-state index contributed by atoms with van der Waals surface area (Å²) in [4.78, 5) is 0. The molecule has 0 aliphatic heterocycles. The molecule has 1 aromatic heterocycles. The average molecular weight is 385 g/mol. The summed E-state index contributed by atoms with van der Waals surface area (Å²) in [6, 6.07) is 11.7. The Morgan fingerprint density at radius 3 is 2.76 bits per heavy atom. The van der Waals surface area contributed by atoms with Crippen LogP contribution in [0.25, 0.3) is 11.0 Å². The number of nitrogens with one attached hydrogen (secondary N) is 1. The molecule has 0 atom stereocenters. The van der Waals surface area contributed by atoms with Gasteiger partial charge in [0.25, 0.3) is 0 Å². The van der Waals surface area contributed by atoms with Crippen LogP contribution in [0.3, 0.4) is 0 Å². The lowest BCUT2D eigenvalue weighted by atomic mass is 10.1. The fourth-order valence-corrected chi connectivity index (χ4v) is 3.21. The van der Waals surface area contributed by atoms with E-state index in [-0.39, 0.29) is 0 Å². The molecule has 2 aromatic carbocycles. The smallest absolute Gasteiger partial charge is 0.199 e. The number of hydrogen-bond acceptors (Lipinski definition) is 2. The van der Waals surface area contributed by atoms with E-state index in [0.29, 0.717) is 11.8 Å². The van der Waals surface area contributed by atoms with Crippen molar-refractivity contribution in [2.24, 2.45) is 0 Å². The van der Waals surface area contributed by atoms with Gasteiger partial charge in [0, 0.05) is 27.0 Å². The zero-order valence-electron chi connectivity index (χ0n) is 11.2. The van der Waals surface area contributed by atoms with Crippen LogP contribution in [0.4, 0.5) is 5.69 Å². The van der Waals surface area contributed by atoms with Gasteiger partial charge in [-0.25, -0.2) is 0 Å². The number of aryl methyl sites for hydroxylation is 1. The Hall–Kier alpha value is -1.16. The van der Waals surface area contributed by atoms with Gasteiger partial charge >= 0.3 is 0 Å². The molecular formula is C16H12BrCl2NO. The predicted octanol–water partition coefficient (Wildman–Crippen LogP) is 6.42. The van der Waals surface area contributed by atoms with Crippen molar-refractivity contribution in [3.05, 3.63) is 62.2 Å². The summed E-state index contributed by atoms with van der Waals surface area (Å²) in [6.07, 6.45) is 0. The topological polar surface area (TPSA) is 25.2 Å². The molecule has 0 saturated heterocycles. The van der Waals surface area contributed by atoms with Crippen molar-refractivity contribution in [2.45, 2.75) is 13.5 Å². The Labute approximate surface area is 141 Å². The first kappa shape index (κ1) is 14.8.